The summed E-state index contributed by atoms with van der Waals surface area (Å²) in [5.41, 5.74) is 3.32. The Kier molecular flexibility index (Phi) is 6.94. The predicted molar refractivity (Wildman–Crippen MR) is 141 cm³/mol. The summed E-state index contributed by atoms with van der Waals surface area (Å²) in [6, 6.07) is 17.9. The Morgan fingerprint density at radius 3 is 2.72 bits per heavy atom. The second-order valence-corrected chi connectivity index (χ2v) is 10.5. The van der Waals surface area contributed by atoms with E-state index < -0.39 is 10.0 Å². The summed E-state index contributed by atoms with van der Waals surface area (Å²) in [5.74, 6) is 1.21. The Labute approximate surface area is 212 Å². The summed E-state index contributed by atoms with van der Waals surface area (Å²) in [6.45, 7) is 0.797. The molecule has 11 heteroatoms. The zero-order chi connectivity index (χ0) is 25.0. The number of nitrogens with zero attached hydrogens (tertiary/aromatic N) is 4. The minimum Gasteiger partial charge on any atom is -0.497 e. The van der Waals surface area contributed by atoms with E-state index in [0.717, 1.165) is 33.4 Å². The van der Waals surface area contributed by atoms with Gasteiger partial charge in [-0.2, -0.15) is 0 Å². The van der Waals surface area contributed by atoms with Crippen LogP contribution in [0.4, 0.5) is 5.95 Å². The van der Waals surface area contributed by atoms with Gasteiger partial charge < -0.3 is 10.1 Å². The SMILES string of the molecule is COc1cccc(-c2nc3sccn3c2-c2ccnc(NCCCNS(=O)(=O)c3ccccc3)n2)c1. The zero-order valence-electron chi connectivity index (χ0n) is 19.5. The van der Waals surface area contributed by atoms with Gasteiger partial charge in [0.05, 0.1) is 23.4 Å². The fourth-order valence-corrected chi connectivity index (χ4v) is 5.57. The Balaban J connectivity index is 1.30. The molecule has 5 rings (SSSR count). The molecular weight excluding hydrogens is 496 g/mol. The van der Waals surface area contributed by atoms with Gasteiger partial charge in [0.2, 0.25) is 16.0 Å². The molecule has 0 unspecified atom stereocenters. The number of nitrogens with one attached hydrogen (secondary N) is 2. The molecule has 0 aliphatic carbocycles. The fourth-order valence-electron chi connectivity index (χ4n) is 3.76. The molecule has 0 saturated heterocycles. The number of ether oxygens (including phenoxy) is 1. The Hall–Kier alpha value is -3.80. The van der Waals surface area contributed by atoms with Crippen LogP contribution in [0.2, 0.25) is 0 Å². The smallest absolute Gasteiger partial charge is 0.240 e. The molecule has 0 spiro atoms. The Morgan fingerprint density at radius 2 is 1.89 bits per heavy atom. The highest BCUT2D eigenvalue weighted by Gasteiger charge is 2.19. The van der Waals surface area contributed by atoms with Crippen molar-refractivity contribution in [2.45, 2.75) is 11.3 Å². The molecule has 5 aromatic rings. The molecule has 184 valence electrons. The number of benzene rings is 2. The van der Waals surface area contributed by atoms with Crippen molar-refractivity contribution in [1.82, 2.24) is 24.1 Å². The molecule has 0 bridgehead atoms. The van der Waals surface area contributed by atoms with Crippen LogP contribution in [-0.4, -0.2) is 48.0 Å². The molecule has 0 radical (unpaired) electrons. The van der Waals surface area contributed by atoms with Crippen molar-refractivity contribution in [3.05, 3.63) is 78.4 Å². The number of hydrogen-bond donors (Lipinski definition) is 2. The van der Waals surface area contributed by atoms with E-state index in [4.69, 9.17) is 14.7 Å². The third-order valence-corrected chi connectivity index (χ3v) is 7.72. The Bertz CT molecular complexity index is 1580. The summed E-state index contributed by atoms with van der Waals surface area (Å²) in [7, 11) is -1.88. The molecule has 36 heavy (non-hydrogen) atoms. The number of methoxy groups -OCH3 is 1. The number of rotatable bonds is 10. The van der Waals surface area contributed by atoms with E-state index in [9.17, 15) is 8.42 Å². The minimum absolute atomic E-state index is 0.251. The van der Waals surface area contributed by atoms with Crippen molar-refractivity contribution in [3.8, 4) is 28.4 Å². The number of thiazole rings is 1. The van der Waals surface area contributed by atoms with Crippen LogP contribution in [0.3, 0.4) is 0 Å². The van der Waals surface area contributed by atoms with Gasteiger partial charge >= 0.3 is 0 Å². The summed E-state index contributed by atoms with van der Waals surface area (Å²) in [6.07, 6.45) is 4.24. The lowest BCUT2D eigenvalue weighted by molar-refractivity contribution is 0.415. The molecule has 0 fully saturated rings. The van der Waals surface area contributed by atoms with Crippen molar-refractivity contribution in [2.24, 2.45) is 0 Å². The molecule has 3 heterocycles. The van der Waals surface area contributed by atoms with Crippen LogP contribution < -0.4 is 14.8 Å². The van der Waals surface area contributed by atoms with E-state index in [-0.39, 0.29) is 4.90 Å². The third kappa shape index (κ3) is 5.08. The number of sulfonamides is 1. The van der Waals surface area contributed by atoms with Gasteiger partial charge in [0.1, 0.15) is 11.4 Å². The lowest BCUT2D eigenvalue weighted by Gasteiger charge is -2.09. The predicted octanol–water partition coefficient (Wildman–Crippen LogP) is 4.31. The lowest BCUT2D eigenvalue weighted by atomic mass is 10.1. The van der Waals surface area contributed by atoms with E-state index in [1.165, 1.54) is 0 Å². The maximum absolute atomic E-state index is 12.3. The molecule has 2 aromatic carbocycles. The fraction of sp³-hybridized carbons (Fsp3) is 0.160. The molecular formula is C25H24N6O3S2. The summed E-state index contributed by atoms with van der Waals surface area (Å²) in [5, 5.41) is 5.17. The van der Waals surface area contributed by atoms with Gasteiger partial charge in [-0.15, -0.1) is 11.3 Å². The van der Waals surface area contributed by atoms with E-state index in [2.05, 4.69) is 15.0 Å². The summed E-state index contributed by atoms with van der Waals surface area (Å²) in [4.78, 5) is 15.0. The first-order chi connectivity index (χ1) is 17.5. The standard InChI is InChI=1S/C25H24N6O3S2/c1-34-19-8-5-7-18(17-19)22-23(31-15-16-35-25(31)30-22)21-11-14-27-24(29-21)26-12-6-13-28-36(32,33)20-9-3-2-4-10-20/h2-5,7-11,14-17,28H,6,12-13H2,1H3,(H,26,27,29). The molecule has 0 amide bonds. The van der Waals surface area contributed by atoms with Gasteiger partial charge in [0.25, 0.3) is 0 Å². The first-order valence-corrected chi connectivity index (χ1v) is 13.6. The molecule has 0 aliphatic heterocycles. The van der Waals surface area contributed by atoms with Gasteiger partial charge in [-0.3, -0.25) is 4.40 Å². The van der Waals surface area contributed by atoms with E-state index in [1.807, 2.05) is 46.3 Å². The van der Waals surface area contributed by atoms with Gasteiger partial charge in [0, 0.05) is 36.4 Å². The number of imidazole rings is 1. The average molecular weight is 521 g/mol. The largest absolute Gasteiger partial charge is 0.497 e. The van der Waals surface area contributed by atoms with Crippen molar-refractivity contribution in [3.63, 3.8) is 0 Å². The second kappa shape index (κ2) is 10.4. The number of anilines is 1. The van der Waals surface area contributed by atoms with Crippen molar-refractivity contribution in [2.75, 3.05) is 25.5 Å². The maximum atomic E-state index is 12.3. The zero-order valence-corrected chi connectivity index (χ0v) is 21.1. The molecule has 0 saturated carbocycles. The van der Waals surface area contributed by atoms with Gasteiger partial charge in [-0.1, -0.05) is 30.3 Å². The molecule has 2 N–H and O–H groups in total. The van der Waals surface area contributed by atoms with Crippen LogP contribution in [0.25, 0.3) is 27.6 Å². The van der Waals surface area contributed by atoms with Crippen LogP contribution in [0.5, 0.6) is 5.75 Å². The van der Waals surface area contributed by atoms with Crippen LogP contribution in [0, 0.1) is 0 Å². The molecule has 9 nitrogen and oxygen atoms in total. The van der Waals surface area contributed by atoms with E-state index in [1.54, 1.807) is 55.0 Å². The van der Waals surface area contributed by atoms with E-state index in [0.29, 0.717) is 25.5 Å². The molecule has 0 aliphatic rings. The highest BCUT2D eigenvalue weighted by molar-refractivity contribution is 7.89. The Morgan fingerprint density at radius 1 is 1.03 bits per heavy atom. The van der Waals surface area contributed by atoms with E-state index >= 15 is 0 Å². The van der Waals surface area contributed by atoms with Crippen LogP contribution >= 0.6 is 11.3 Å². The van der Waals surface area contributed by atoms with Gasteiger partial charge in [0.15, 0.2) is 4.96 Å². The quantitative estimate of drug-likeness (QED) is 0.264. The number of fused-ring (bicyclic) bond motifs is 1. The highest BCUT2D eigenvalue weighted by atomic mass is 32.2. The highest BCUT2D eigenvalue weighted by Crippen LogP contribution is 2.34. The van der Waals surface area contributed by atoms with Gasteiger partial charge in [-0.05, 0) is 36.8 Å². The van der Waals surface area contributed by atoms with Crippen molar-refractivity contribution in [1.29, 1.82) is 0 Å². The monoisotopic (exact) mass is 520 g/mol. The van der Waals surface area contributed by atoms with Crippen LogP contribution in [0.1, 0.15) is 6.42 Å². The van der Waals surface area contributed by atoms with Gasteiger partial charge in [-0.25, -0.2) is 28.1 Å². The first kappa shape index (κ1) is 23.9. The number of hydrogen-bond acceptors (Lipinski definition) is 8. The third-order valence-electron chi connectivity index (χ3n) is 5.49. The lowest BCUT2D eigenvalue weighted by Crippen LogP contribution is -2.26. The number of aromatic nitrogens is 4. The topological polar surface area (TPSA) is 111 Å². The molecule has 3 aromatic heterocycles. The second-order valence-electron chi connectivity index (χ2n) is 7.85. The maximum Gasteiger partial charge on any atom is 0.240 e. The summed E-state index contributed by atoms with van der Waals surface area (Å²) < 4.78 is 34.7. The first-order valence-electron chi connectivity index (χ1n) is 11.3. The minimum atomic E-state index is -3.52. The van der Waals surface area contributed by atoms with Crippen LogP contribution in [0.15, 0.2) is 83.3 Å². The molecule has 0 atom stereocenters. The van der Waals surface area contributed by atoms with Crippen molar-refractivity contribution >= 4 is 32.3 Å². The summed E-state index contributed by atoms with van der Waals surface area (Å²) >= 11 is 1.55. The average Bonchev–Trinajstić information content (AvgIpc) is 3.51. The van der Waals surface area contributed by atoms with Crippen molar-refractivity contribution < 1.29 is 13.2 Å². The normalized spacial score (nSPS) is 11.6. The van der Waals surface area contributed by atoms with Crippen LogP contribution in [-0.2, 0) is 10.0 Å².